The van der Waals surface area contributed by atoms with E-state index in [0.29, 0.717) is 0 Å². The maximum absolute atomic E-state index is 7.35. The van der Waals surface area contributed by atoms with Crippen LogP contribution in [0.15, 0.2) is 0 Å². The molecule has 0 bridgehead atoms. The van der Waals surface area contributed by atoms with Crippen LogP contribution in [0.1, 0.15) is 66.2 Å². The summed E-state index contributed by atoms with van der Waals surface area (Å²) in [6.07, 6.45) is 8.10. The first kappa shape index (κ1) is 21.0. The molecule has 0 nitrogen and oxygen atoms in total. The molecular formula is C14H35ClHgP. The molecule has 0 aromatic rings. The Balaban J connectivity index is 0. The van der Waals surface area contributed by atoms with Gasteiger partial charge in [0.2, 0.25) is 0 Å². The van der Waals surface area contributed by atoms with E-state index in [9.17, 15) is 0 Å². The van der Waals surface area contributed by atoms with Gasteiger partial charge in [0, 0.05) is 0 Å². The van der Waals surface area contributed by atoms with Crippen molar-refractivity contribution in [1.82, 2.24) is 0 Å². The van der Waals surface area contributed by atoms with E-state index in [1.807, 2.05) is 0 Å². The van der Waals surface area contributed by atoms with Gasteiger partial charge in [0.05, 0.1) is 0 Å². The molecule has 0 saturated carbocycles. The van der Waals surface area contributed by atoms with Gasteiger partial charge in [-0.2, -0.15) is 9.90 Å². The molecule has 0 aromatic heterocycles. The van der Waals surface area contributed by atoms with Gasteiger partial charge >= 0.3 is 109 Å². The van der Waals surface area contributed by atoms with Crippen LogP contribution in [-0.4, -0.2) is 0 Å². The Labute approximate surface area is 118 Å². The van der Waals surface area contributed by atoms with E-state index in [1.54, 1.807) is 0 Å². The zero-order valence-electron chi connectivity index (χ0n) is 12.9. The average molecular weight is 470 g/mol. The van der Waals surface area contributed by atoms with Crippen molar-refractivity contribution < 1.29 is 18.7 Å². The van der Waals surface area contributed by atoms with E-state index in [2.05, 4.69) is 27.7 Å². The normalized spacial score (nSPS) is 12.4. The zero-order chi connectivity index (χ0) is 12.5. The number of halogens is 1. The molecule has 17 heavy (non-hydrogen) atoms. The van der Waals surface area contributed by atoms with Gasteiger partial charge in [-0.15, -0.1) is 0 Å². The van der Waals surface area contributed by atoms with Gasteiger partial charge in [0.1, 0.15) is 0 Å². The minimum atomic E-state index is -3.04. The Morgan fingerprint density at radius 2 is 1.00 bits per heavy atom. The minimum absolute atomic E-state index is 0. The standard InChI is InChI=1S/3C4H9.C2H5.ClH.Hg.H3P/c3*1-3-4-2;1-2;;;/h3*1,3-4H2,2H3;1H2,2H3;1H;;1H3/q;;;;;+1;/p-1. The molecule has 0 amide bonds. The van der Waals surface area contributed by atoms with Crippen LogP contribution in [0.3, 0.4) is 0 Å². The minimum Gasteiger partial charge on any atom is -0.153 e. The van der Waals surface area contributed by atoms with E-state index in [-0.39, 0.29) is 9.90 Å². The third kappa shape index (κ3) is 7.73. The molecule has 0 N–H and O–H groups in total. The summed E-state index contributed by atoms with van der Waals surface area (Å²) < 4.78 is 5.66. The van der Waals surface area contributed by atoms with Crippen molar-refractivity contribution in [2.24, 2.45) is 0 Å². The van der Waals surface area contributed by atoms with Gasteiger partial charge < -0.3 is 0 Å². The van der Waals surface area contributed by atoms with Crippen LogP contribution >= 0.6 is 18.1 Å². The van der Waals surface area contributed by atoms with Crippen LogP contribution in [-0.2, 0) is 18.7 Å². The van der Waals surface area contributed by atoms with E-state index in [1.165, 1.54) is 54.2 Å². The fourth-order valence-corrected chi connectivity index (χ4v) is 39.2. The maximum Gasteiger partial charge on any atom is -0.153 e. The van der Waals surface area contributed by atoms with Crippen molar-refractivity contribution in [2.45, 2.75) is 81.9 Å². The summed E-state index contributed by atoms with van der Waals surface area (Å²) in [5.74, 6) is 0. The first-order valence-corrected chi connectivity index (χ1v) is 30.4. The van der Waals surface area contributed by atoms with Gasteiger partial charge in [-0.05, 0) is 0 Å². The van der Waals surface area contributed by atoms with Crippen molar-refractivity contribution in [1.29, 1.82) is 0 Å². The first-order chi connectivity index (χ1) is 7.54. The fraction of sp³-hybridized carbons (Fsp3) is 1.00. The van der Waals surface area contributed by atoms with E-state index < -0.39 is 18.7 Å². The fourth-order valence-electron chi connectivity index (χ4n) is 3.90. The summed E-state index contributed by atoms with van der Waals surface area (Å²) in [7, 11) is 7.35. The Morgan fingerprint density at radius 1 is 0.706 bits per heavy atom. The second kappa shape index (κ2) is 10.4. The predicted octanol–water partition coefficient (Wildman–Crippen LogP) is 6.98. The van der Waals surface area contributed by atoms with Gasteiger partial charge in [-0.25, -0.2) is 0 Å². The van der Waals surface area contributed by atoms with Gasteiger partial charge in [0.25, 0.3) is 0 Å². The van der Waals surface area contributed by atoms with E-state index in [0.717, 1.165) is 0 Å². The third-order valence-corrected chi connectivity index (χ3v) is 52.2. The van der Waals surface area contributed by atoms with Crippen molar-refractivity contribution in [3.05, 3.63) is 0 Å². The van der Waals surface area contributed by atoms with Gasteiger partial charge in [0.15, 0.2) is 0 Å². The summed E-state index contributed by atoms with van der Waals surface area (Å²) in [6, 6.07) is 0. The Kier molecular flexibility index (Phi) is 12.9. The van der Waals surface area contributed by atoms with E-state index >= 15 is 0 Å². The average Bonchev–Trinajstić information content (AvgIpc) is 2.32. The smallest absolute Gasteiger partial charge is 0.153 e. The third-order valence-electron chi connectivity index (χ3n) is 5.71. The molecule has 0 heterocycles. The van der Waals surface area contributed by atoms with Crippen LogP contribution < -0.4 is 0 Å². The molecule has 0 spiro atoms. The Morgan fingerprint density at radius 3 is 1.18 bits per heavy atom. The summed E-state index contributed by atoms with van der Waals surface area (Å²) in [4.78, 5) is 0. The van der Waals surface area contributed by atoms with Gasteiger partial charge in [-0.3, -0.25) is 0 Å². The van der Waals surface area contributed by atoms with Crippen LogP contribution in [0.2, 0.25) is 15.7 Å². The molecule has 0 aliphatic carbocycles. The molecule has 105 valence electrons. The first-order valence-electron chi connectivity index (χ1n) is 8.10. The van der Waals surface area contributed by atoms with Crippen LogP contribution in [0.4, 0.5) is 0 Å². The molecule has 1 atom stereocenters. The Hall–Kier alpha value is 1.66. The molecule has 0 aliphatic rings. The molecular weight excluding hydrogens is 435 g/mol. The summed E-state index contributed by atoms with van der Waals surface area (Å²) in [6.45, 7) is 9.29. The van der Waals surface area contributed by atoms with Crippen molar-refractivity contribution in [3.8, 4) is 0 Å². The van der Waals surface area contributed by atoms with Crippen molar-refractivity contribution in [3.63, 3.8) is 0 Å². The molecule has 0 radical (unpaired) electrons. The molecule has 0 aliphatic heterocycles. The van der Waals surface area contributed by atoms with Crippen LogP contribution in [0.5, 0.6) is 0 Å². The van der Waals surface area contributed by atoms with Crippen molar-refractivity contribution >= 4 is 18.1 Å². The SMILES string of the molecule is CCC[CH2][Hg]([Cl])([CH2]C)([CH2]CCC)[CH2]CCC.P. The van der Waals surface area contributed by atoms with Crippen molar-refractivity contribution in [2.75, 3.05) is 0 Å². The topological polar surface area (TPSA) is 0 Å². The number of unbranched alkanes of at least 4 members (excludes halogenated alkanes) is 3. The second-order valence-corrected chi connectivity index (χ2v) is 54.8. The molecule has 1 unspecified atom stereocenters. The summed E-state index contributed by atoms with van der Waals surface area (Å²) >= 11 is -3.04. The second-order valence-electron chi connectivity index (χ2n) is 7.00. The maximum atomic E-state index is 7.35. The molecule has 0 aromatic carbocycles. The molecule has 0 rings (SSSR count). The number of hydrogen-bond donors (Lipinski definition) is 0. The molecule has 3 heteroatoms. The molecule has 0 saturated heterocycles. The largest absolute Gasteiger partial charge is 0.153 e. The van der Waals surface area contributed by atoms with Crippen LogP contribution in [0, 0.1) is 0 Å². The Bertz CT molecular complexity index is 161. The summed E-state index contributed by atoms with van der Waals surface area (Å²) in [5, 5.41) is 0. The van der Waals surface area contributed by atoms with E-state index in [4.69, 9.17) is 8.25 Å². The van der Waals surface area contributed by atoms with Crippen LogP contribution in [0.25, 0.3) is 0 Å². The summed E-state index contributed by atoms with van der Waals surface area (Å²) in [5.41, 5.74) is 0. The quantitative estimate of drug-likeness (QED) is 0.239. The predicted molar refractivity (Wildman–Crippen MR) is 86.6 cm³/mol. The zero-order valence-corrected chi connectivity index (χ0v) is 20.5. The van der Waals surface area contributed by atoms with Gasteiger partial charge in [-0.1, -0.05) is 0 Å². The number of rotatable bonds is 10. The molecule has 0 fully saturated rings. The monoisotopic (exact) mass is 471 g/mol. The number of hydrogen-bond acceptors (Lipinski definition) is 0.